The molecule has 1 aromatic heterocycles. The van der Waals surface area contributed by atoms with Crippen LogP contribution < -0.4 is 0 Å². The minimum Gasteiger partial charge on any atom is -0.417 e. The van der Waals surface area contributed by atoms with Crippen molar-refractivity contribution in [1.82, 2.24) is 15.1 Å². The van der Waals surface area contributed by atoms with Crippen LogP contribution in [-0.2, 0) is 6.18 Å². The lowest BCUT2D eigenvalue weighted by Gasteiger charge is -2.28. The largest absolute Gasteiger partial charge is 0.470 e. The third kappa shape index (κ3) is 2.79. The maximum Gasteiger partial charge on any atom is 0.470 e. The second-order valence-electron chi connectivity index (χ2n) is 4.15. The van der Waals surface area contributed by atoms with E-state index in [1.54, 1.807) is 0 Å². The zero-order valence-corrected chi connectivity index (χ0v) is 9.44. The molecule has 0 aliphatic carbocycles. The van der Waals surface area contributed by atoms with Gasteiger partial charge in [-0.1, -0.05) is 0 Å². The Hall–Kier alpha value is -1.62. The van der Waals surface area contributed by atoms with E-state index >= 15 is 0 Å². The Morgan fingerprint density at radius 1 is 1.33 bits per heavy atom. The van der Waals surface area contributed by atoms with Crippen LogP contribution in [0.25, 0.3) is 0 Å². The van der Waals surface area contributed by atoms with Gasteiger partial charge in [0.15, 0.2) is 0 Å². The number of nitrogens with zero attached hydrogens (tertiary/aromatic N) is 4. The fraction of sp³-hybridized carbons (Fsp3) is 0.700. The molecule has 1 saturated heterocycles. The van der Waals surface area contributed by atoms with Crippen LogP contribution >= 0.6 is 0 Å². The van der Waals surface area contributed by atoms with Crippen LogP contribution in [0.15, 0.2) is 4.42 Å². The molecule has 5 nitrogen and oxygen atoms in total. The average Bonchev–Trinajstić information content (AvgIpc) is 2.79. The molecule has 0 N–H and O–H groups in total. The number of aromatic nitrogens is 2. The summed E-state index contributed by atoms with van der Waals surface area (Å²) in [7, 11) is 0. The number of hydrogen-bond acceptors (Lipinski definition) is 5. The third-order valence-corrected chi connectivity index (χ3v) is 2.91. The predicted molar refractivity (Wildman–Crippen MR) is 53.3 cm³/mol. The first-order valence-corrected chi connectivity index (χ1v) is 5.50. The smallest absolute Gasteiger partial charge is 0.417 e. The summed E-state index contributed by atoms with van der Waals surface area (Å²) in [5, 5.41) is 15.0. The maximum absolute atomic E-state index is 12.3. The molecule has 0 radical (unpaired) electrons. The second kappa shape index (κ2) is 4.94. The van der Waals surface area contributed by atoms with Gasteiger partial charge < -0.3 is 4.42 Å². The number of hydrogen-bond donors (Lipinski definition) is 0. The first-order valence-electron chi connectivity index (χ1n) is 5.50. The highest BCUT2D eigenvalue weighted by atomic mass is 19.4. The molecule has 0 saturated carbocycles. The van der Waals surface area contributed by atoms with Gasteiger partial charge in [0, 0.05) is 5.92 Å². The Balaban J connectivity index is 1.98. The summed E-state index contributed by atoms with van der Waals surface area (Å²) in [5.74, 6) is -1.40. The van der Waals surface area contributed by atoms with Gasteiger partial charge in [-0.25, -0.2) is 0 Å². The molecule has 0 amide bonds. The molecule has 2 heterocycles. The first-order chi connectivity index (χ1) is 8.50. The summed E-state index contributed by atoms with van der Waals surface area (Å²) >= 11 is 0. The van der Waals surface area contributed by atoms with Gasteiger partial charge in [0.05, 0.1) is 12.6 Å². The third-order valence-electron chi connectivity index (χ3n) is 2.91. The molecule has 2 rings (SSSR count). The lowest BCUT2D eigenvalue weighted by atomic mass is 9.97. The van der Waals surface area contributed by atoms with Crippen molar-refractivity contribution in [3.8, 4) is 6.07 Å². The summed E-state index contributed by atoms with van der Waals surface area (Å²) in [5.41, 5.74) is 0. The average molecular weight is 260 g/mol. The van der Waals surface area contributed by atoms with E-state index < -0.39 is 12.1 Å². The summed E-state index contributed by atoms with van der Waals surface area (Å²) in [6.07, 6.45) is -3.34. The van der Waals surface area contributed by atoms with Crippen molar-refractivity contribution in [2.75, 3.05) is 19.6 Å². The van der Waals surface area contributed by atoms with Gasteiger partial charge in [-0.3, -0.25) is 4.90 Å². The van der Waals surface area contributed by atoms with Gasteiger partial charge in [0.2, 0.25) is 5.89 Å². The zero-order valence-electron chi connectivity index (χ0n) is 9.44. The fourth-order valence-electron chi connectivity index (χ4n) is 1.95. The standard InChI is InChI=1S/C10H11F3N4O/c11-10(12,13)9-16-15-8(18-9)7-1-4-17(5-2-7)6-3-14/h7H,1-2,4-6H2. The molecular weight excluding hydrogens is 249 g/mol. The van der Waals surface area contributed by atoms with E-state index in [0.29, 0.717) is 32.5 Å². The van der Waals surface area contributed by atoms with E-state index in [0.717, 1.165) is 0 Å². The highest BCUT2D eigenvalue weighted by Gasteiger charge is 2.39. The van der Waals surface area contributed by atoms with Gasteiger partial charge >= 0.3 is 12.1 Å². The second-order valence-corrected chi connectivity index (χ2v) is 4.15. The summed E-state index contributed by atoms with van der Waals surface area (Å²) in [6.45, 7) is 1.65. The number of likely N-dealkylation sites (tertiary alicyclic amines) is 1. The van der Waals surface area contributed by atoms with Gasteiger partial charge in [-0.2, -0.15) is 18.4 Å². The molecule has 1 aromatic rings. The molecule has 0 unspecified atom stereocenters. The monoisotopic (exact) mass is 260 g/mol. The summed E-state index contributed by atoms with van der Waals surface area (Å²) < 4.78 is 41.5. The van der Waals surface area contributed by atoms with Crippen molar-refractivity contribution >= 4 is 0 Å². The number of rotatable bonds is 2. The topological polar surface area (TPSA) is 66.0 Å². The maximum atomic E-state index is 12.3. The van der Waals surface area contributed by atoms with Gasteiger partial charge in [0.25, 0.3) is 0 Å². The van der Waals surface area contributed by atoms with Crippen LogP contribution in [0.2, 0.25) is 0 Å². The highest BCUT2D eigenvalue weighted by molar-refractivity contribution is 4.96. The zero-order chi connectivity index (χ0) is 13.2. The Bertz CT molecular complexity index is 443. The quantitative estimate of drug-likeness (QED) is 0.758. The van der Waals surface area contributed by atoms with E-state index in [2.05, 4.69) is 14.6 Å². The Morgan fingerprint density at radius 3 is 2.50 bits per heavy atom. The molecular formula is C10H11F3N4O. The lowest BCUT2D eigenvalue weighted by Crippen LogP contribution is -2.33. The SMILES string of the molecule is N#CCN1CCC(c2nnc(C(F)(F)F)o2)CC1. The van der Waals surface area contributed by atoms with Crippen molar-refractivity contribution < 1.29 is 17.6 Å². The summed E-state index contributed by atoms with van der Waals surface area (Å²) in [4.78, 5) is 1.94. The number of nitriles is 1. The van der Waals surface area contributed by atoms with E-state index in [4.69, 9.17) is 5.26 Å². The molecule has 1 aliphatic rings. The molecule has 18 heavy (non-hydrogen) atoms. The van der Waals surface area contributed by atoms with E-state index in [1.165, 1.54) is 0 Å². The number of alkyl halides is 3. The predicted octanol–water partition coefficient (Wildman–Crippen LogP) is 1.79. The van der Waals surface area contributed by atoms with Crippen LogP contribution in [0.3, 0.4) is 0 Å². The van der Waals surface area contributed by atoms with Crippen LogP contribution in [0, 0.1) is 11.3 Å². The van der Waals surface area contributed by atoms with Crippen molar-refractivity contribution in [2.24, 2.45) is 0 Å². The van der Waals surface area contributed by atoms with Crippen molar-refractivity contribution in [3.63, 3.8) is 0 Å². The molecule has 1 aliphatic heterocycles. The van der Waals surface area contributed by atoms with Gasteiger partial charge in [-0.05, 0) is 25.9 Å². The Kier molecular flexibility index (Phi) is 3.52. The summed E-state index contributed by atoms with van der Waals surface area (Å²) in [6, 6.07) is 2.04. The Labute approximate surface area is 101 Å². The van der Waals surface area contributed by atoms with Crippen LogP contribution in [-0.4, -0.2) is 34.7 Å². The fourth-order valence-corrected chi connectivity index (χ4v) is 1.95. The molecule has 0 atom stereocenters. The molecule has 1 fully saturated rings. The van der Waals surface area contributed by atoms with Crippen molar-refractivity contribution in [1.29, 1.82) is 5.26 Å². The highest BCUT2D eigenvalue weighted by Crippen LogP contribution is 2.32. The van der Waals surface area contributed by atoms with E-state index in [1.807, 2.05) is 11.0 Å². The van der Waals surface area contributed by atoms with Crippen LogP contribution in [0.1, 0.15) is 30.5 Å². The Morgan fingerprint density at radius 2 is 2.00 bits per heavy atom. The molecule has 98 valence electrons. The number of halogens is 3. The number of piperidine rings is 1. The minimum absolute atomic E-state index is 0.0407. The minimum atomic E-state index is -4.59. The van der Waals surface area contributed by atoms with Crippen molar-refractivity contribution in [2.45, 2.75) is 24.9 Å². The van der Waals surface area contributed by atoms with Gasteiger partial charge in [-0.15, -0.1) is 10.2 Å². The molecule has 0 aromatic carbocycles. The van der Waals surface area contributed by atoms with Crippen LogP contribution in [0.4, 0.5) is 13.2 Å². The van der Waals surface area contributed by atoms with E-state index in [9.17, 15) is 13.2 Å². The van der Waals surface area contributed by atoms with Crippen LogP contribution in [0.5, 0.6) is 0 Å². The molecule has 0 bridgehead atoms. The van der Waals surface area contributed by atoms with Crippen molar-refractivity contribution in [3.05, 3.63) is 11.8 Å². The lowest BCUT2D eigenvalue weighted by molar-refractivity contribution is -0.157. The van der Waals surface area contributed by atoms with Gasteiger partial charge in [0.1, 0.15) is 0 Å². The molecule has 0 spiro atoms. The van der Waals surface area contributed by atoms with E-state index in [-0.39, 0.29) is 11.8 Å². The molecule has 8 heteroatoms. The normalized spacial score (nSPS) is 18.8. The first kappa shape index (κ1) is 12.8.